The molecule has 5 aliphatic rings. The minimum absolute atomic E-state index is 0.00580. The molecule has 0 aromatic rings. The highest BCUT2D eigenvalue weighted by molar-refractivity contribution is 6.01. The Bertz CT molecular complexity index is 998. The molecule has 184 valence electrons. The van der Waals surface area contributed by atoms with E-state index < -0.39 is 40.9 Å². The minimum atomic E-state index is -1.33. The molecule has 0 spiro atoms. The van der Waals surface area contributed by atoms with Crippen LogP contribution in [0, 0.1) is 45.8 Å². The van der Waals surface area contributed by atoms with Crippen molar-refractivity contribution in [2.45, 2.75) is 83.9 Å². The van der Waals surface area contributed by atoms with E-state index in [0.717, 1.165) is 18.4 Å². The van der Waals surface area contributed by atoms with Crippen LogP contribution in [0.5, 0.6) is 0 Å². The molecule has 0 radical (unpaired) electrons. The SMILES string of the molecule is CCCC1O[C@@H]2CC3C4C[C@H](C)C5=CC(=O)C=C[C@]5(C)C4[C@@H](O)C[C@]3(C)[C@]2(C(=O)OCC#N)O1. The smallest absolute Gasteiger partial charge is 0.342 e. The third kappa shape index (κ3) is 2.98. The van der Waals surface area contributed by atoms with Crippen molar-refractivity contribution in [2.24, 2.45) is 34.5 Å². The predicted molar refractivity (Wildman–Crippen MR) is 122 cm³/mol. The number of hydrogen-bond acceptors (Lipinski definition) is 7. The zero-order valence-corrected chi connectivity index (χ0v) is 20.5. The van der Waals surface area contributed by atoms with Crippen LogP contribution in [0.2, 0.25) is 0 Å². The number of rotatable bonds is 4. The summed E-state index contributed by atoms with van der Waals surface area (Å²) in [6.45, 7) is 8.03. The molecule has 4 aliphatic carbocycles. The molecule has 10 atom stereocenters. The van der Waals surface area contributed by atoms with Crippen molar-refractivity contribution in [1.29, 1.82) is 5.26 Å². The molecule has 4 unspecified atom stereocenters. The fourth-order valence-electron chi connectivity index (χ4n) is 8.48. The minimum Gasteiger partial charge on any atom is -0.448 e. The molecule has 0 bridgehead atoms. The summed E-state index contributed by atoms with van der Waals surface area (Å²) in [7, 11) is 0. The molecule has 1 heterocycles. The van der Waals surface area contributed by atoms with Gasteiger partial charge in [-0.05, 0) is 55.6 Å². The Morgan fingerprint density at radius 1 is 1.35 bits per heavy atom. The average molecular weight is 470 g/mol. The normalized spacial score (nSPS) is 48.8. The van der Waals surface area contributed by atoms with Crippen molar-refractivity contribution >= 4 is 11.8 Å². The first kappa shape index (κ1) is 23.7. The number of carbonyl (C=O) groups excluding carboxylic acids is 2. The summed E-state index contributed by atoms with van der Waals surface area (Å²) in [5.41, 5.74) is -1.34. The molecule has 7 nitrogen and oxygen atoms in total. The van der Waals surface area contributed by atoms with E-state index in [2.05, 4.69) is 13.8 Å². The zero-order valence-electron chi connectivity index (χ0n) is 20.5. The molecule has 4 fully saturated rings. The van der Waals surface area contributed by atoms with E-state index in [0.29, 0.717) is 19.3 Å². The number of hydrogen-bond donors (Lipinski definition) is 1. The molecule has 7 heteroatoms. The first-order valence-electron chi connectivity index (χ1n) is 12.6. The number of fused-ring (bicyclic) bond motifs is 7. The quantitative estimate of drug-likeness (QED) is 0.629. The Morgan fingerprint density at radius 2 is 2.12 bits per heavy atom. The maximum atomic E-state index is 13.6. The molecular weight excluding hydrogens is 434 g/mol. The highest BCUT2D eigenvalue weighted by Crippen LogP contribution is 2.70. The van der Waals surface area contributed by atoms with Gasteiger partial charge in [-0.1, -0.05) is 45.8 Å². The number of nitrogens with zero attached hydrogens (tertiary/aromatic N) is 1. The molecular formula is C27H35NO6. The van der Waals surface area contributed by atoms with Gasteiger partial charge in [0, 0.05) is 16.7 Å². The number of esters is 1. The number of carbonyl (C=O) groups is 2. The largest absolute Gasteiger partial charge is 0.448 e. The van der Waals surface area contributed by atoms with Crippen molar-refractivity contribution in [3.05, 3.63) is 23.8 Å². The summed E-state index contributed by atoms with van der Waals surface area (Å²) in [5.74, 6) is -0.207. The van der Waals surface area contributed by atoms with Crippen molar-refractivity contribution in [3.63, 3.8) is 0 Å². The number of aliphatic hydroxyl groups excluding tert-OH is 1. The third-order valence-electron chi connectivity index (χ3n) is 9.71. The lowest BCUT2D eigenvalue weighted by atomic mass is 9.45. The topological polar surface area (TPSA) is 106 Å². The summed E-state index contributed by atoms with van der Waals surface area (Å²) in [5, 5.41) is 20.7. The van der Waals surface area contributed by atoms with E-state index in [1.54, 1.807) is 12.2 Å². The van der Waals surface area contributed by atoms with Gasteiger partial charge >= 0.3 is 5.97 Å². The lowest BCUT2D eigenvalue weighted by Gasteiger charge is -2.60. The van der Waals surface area contributed by atoms with Gasteiger partial charge in [0.2, 0.25) is 0 Å². The van der Waals surface area contributed by atoms with Crippen molar-refractivity contribution < 1.29 is 28.9 Å². The fraction of sp³-hybridized carbons (Fsp3) is 0.741. The van der Waals surface area contributed by atoms with Crippen molar-refractivity contribution in [2.75, 3.05) is 6.61 Å². The summed E-state index contributed by atoms with van der Waals surface area (Å²) < 4.78 is 18.2. The molecule has 0 aromatic carbocycles. The predicted octanol–water partition coefficient (Wildman–Crippen LogP) is 3.47. The van der Waals surface area contributed by atoms with Crippen molar-refractivity contribution in [1.82, 2.24) is 0 Å². The van der Waals surface area contributed by atoms with Crippen LogP contribution in [-0.4, -0.2) is 47.6 Å². The number of nitriles is 1. The van der Waals surface area contributed by atoms with Crippen molar-refractivity contribution in [3.8, 4) is 6.07 Å². The van der Waals surface area contributed by atoms with Gasteiger partial charge < -0.3 is 19.3 Å². The molecule has 3 saturated carbocycles. The van der Waals surface area contributed by atoms with Gasteiger partial charge in [-0.2, -0.15) is 5.26 Å². The average Bonchev–Trinajstić information content (AvgIpc) is 3.26. The van der Waals surface area contributed by atoms with E-state index in [4.69, 9.17) is 19.5 Å². The second-order valence-electron chi connectivity index (χ2n) is 11.4. The van der Waals surface area contributed by atoms with Gasteiger partial charge in [0.1, 0.15) is 12.2 Å². The Balaban J connectivity index is 1.57. The highest BCUT2D eigenvalue weighted by Gasteiger charge is 2.77. The van der Waals surface area contributed by atoms with Crippen LogP contribution in [0.1, 0.15) is 59.8 Å². The summed E-state index contributed by atoms with van der Waals surface area (Å²) >= 11 is 0. The molecule has 1 N–H and O–H groups in total. The van der Waals surface area contributed by atoms with E-state index >= 15 is 0 Å². The number of allylic oxidation sites excluding steroid dienone is 4. The Labute approximate surface area is 201 Å². The lowest BCUT2D eigenvalue weighted by Crippen LogP contribution is -2.64. The van der Waals surface area contributed by atoms with Gasteiger partial charge in [-0.3, -0.25) is 4.79 Å². The van der Waals surface area contributed by atoms with Gasteiger partial charge in [0.05, 0.1) is 6.10 Å². The van der Waals surface area contributed by atoms with E-state index in [9.17, 15) is 14.7 Å². The van der Waals surface area contributed by atoms with Gasteiger partial charge in [0.25, 0.3) is 0 Å². The van der Waals surface area contributed by atoms with Gasteiger partial charge in [0.15, 0.2) is 24.3 Å². The number of aliphatic hydroxyl groups is 1. The highest BCUT2D eigenvalue weighted by atomic mass is 16.8. The van der Waals surface area contributed by atoms with Crippen LogP contribution in [0.3, 0.4) is 0 Å². The Morgan fingerprint density at radius 3 is 2.82 bits per heavy atom. The van der Waals surface area contributed by atoms with Crippen LogP contribution in [0.25, 0.3) is 0 Å². The van der Waals surface area contributed by atoms with Gasteiger partial charge in [-0.15, -0.1) is 0 Å². The van der Waals surface area contributed by atoms with Crippen LogP contribution in [0.4, 0.5) is 0 Å². The summed E-state index contributed by atoms with van der Waals surface area (Å²) in [6, 6.07) is 1.89. The molecule has 5 rings (SSSR count). The van der Waals surface area contributed by atoms with Crippen LogP contribution >= 0.6 is 0 Å². The first-order chi connectivity index (χ1) is 16.1. The second-order valence-corrected chi connectivity index (χ2v) is 11.4. The van der Waals surface area contributed by atoms with Gasteiger partial charge in [-0.25, -0.2) is 4.79 Å². The molecule has 0 aromatic heterocycles. The van der Waals surface area contributed by atoms with Crippen LogP contribution < -0.4 is 0 Å². The molecule has 1 aliphatic heterocycles. The Kier molecular flexibility index (Phi) is 5.59. The maximum Gasteiger partial charge on any atom is 0.342 e. The first-order valence-corrected chi connectivity index (χ1v) is 12.6. The third-order valence-corrected chi connectivity index (χ3v) is 9.71. The number of ketones is 1. The fourth-order valence-corrected chi connectivity index (χ4v) is 8.48. The monoisotopic (exact) mass is 469 g/mol. The standard InChI is InChI=1S/C27H35NO6/c1-5-6-22-33-21-13-19-17-11-15(2)18-12-16(29)7-8-25(18,3)23(17)20(30)14-26(19,4)27(21,34-22)24(31)32-10-9-28/h7-8,12,15,17,19-23,30H,5-6,10-11,13-14H2,1-4H3/t15-,17?,19?,20-,21+,22?,23?,25-,26-,27-/m0/s1. The maximum absolute atomic E-state index is 13.6. The molecule has 34 heavy (non-hydrogen) atoms. The Hall–Kier alpha value is -2.01. The molecule has 1 saturated heterocycles. The van der Waals surface area contributed by atoms with E-state index in [1.807, 2.05) is 26.0 Å². The molecule has 0 amide bonds. The van der Waals surface area contributed by atoms with Crippen LogP contribution in [0.15, 0.2) is 23.8 Å². The second kappa shape index (κ2) is 8.01. The lowest BCUT2D eigenvalue weighted by molar-refractivity contribution is -0.215. The van der Waals surface area contributed by atoms with E-state index in [1.165, 1.54) is 0 Å². The summed E-state index contributed by atoms with van der Waals surface area (Å²) in [6.07, 6.45) is 7.10. The van der Waals surface area contributed by atoms with E-state index in [-0.39, 0.29) is 36.1 Å². The van der Waals surface area contributed by atoms with Crippen LogP contribution in [-0.2, 0) is 23.8 Å². The summed E-state index contributed by atoms with van der Waals surface area (Å²) in [4.78, 5) is 25.7. The number of ether oxygens (including phenoxy) is 3. The zero-order chi connectivity index (χ0) is 24.5.